The van der Waals surface area contributed by atoms with Crippen molar-refractivity contribution in [3.05, 3.63) is 155 Å². The molecule has 1 atom stereocenters. The molecule has 1 aliphatic rings. The van der Waals surface area contributed by atoms with Gasteiger partial charge in [0.15, 0.2) is 4.80 Å². The van der Waals surface area contributed by atoms with Crippen molar-refractivity contribution >= 4 is 64.0 Å². The van der Waals surface area contributed by atoms with E-state index in [1.807, 2.05) is 91.2 Å². The zero-order valence-electron chi connectivity index (χ0n) is 24.9. The summed E-state index contributed by atoms with van der Waals surface area (Å²) in [6, 6.07) is 29.5. The Morgan fingerprint density at radius 2 is 1.72 bits per heavy atom. The average molecular weight is 688 g/mol. The molecule has 0 radical (unpaired) electrons. The second kappa shape index (κ2) is 14.1. The van der Waals surface area contributed by atoms with Crippen molar-refractivity contribution in [2.24, 2.45) is 4.99 Å². The molecule has 46 heavy (non-hydrogen) atoms. The number of thioether (sulfide) groups is 1. The van der Waals surface area contributed by atoms with Crippen molar-refractivity contribution in [2.75, 3.05) is 12.9 Å². The average Bonchev–Trinajstić information content (AvgIpc) is 3.39. The van der Waals surface area contributed by atoms with Crippen LogP contribution in [-0.2, 0) is 16.1 Å². The number of carbonyl (C=O) groups is 1. The Bertz CT molecular complexity index is 2120. The normalized spacial score (nSPS) is 14.5. The quantitative estimate of drug-likeness (QED) is 0.118. The van der Waals surface area contributed by atoms with Gasteiger partial charge >= 0.3 is 5.97 Å². The van der Waals surface area contributed by atoms with Gasteiger partial charge in [0.25, 0.3) is 5.56 Å². The van der Waals surface area contributed by atoms with Crippen molar-refractivity contribution < 1.29 is 14.3 Å². The summed E-state index contributed by atoms with van der Waals surface area (Å²) in [5.41, 5.74) is 3.65. The first-order valence-electron chi connectivity index (χ1n) is 14.5. The van der Waals surface area contributed by atoms with Crippen molar-refractivity contribution in [3.8, 4) is 5.75 Å². The molecule has 4 aromatic carbocycles. The number of benzene rings is 4. The van der Waals surface area contributed by atoms with Crippen molar-refractivity contribution in [2.45, 2.75) is 24.5 Å². The maximum Gasteiger partial charge on any atom is 0.338 e. The molecule has 0 spiro atoms. The summed E-state index contributed by atoms with van der Waals surface area (Å²) < 4.78 is 13.8. The lowest BCUT2D eigenvalue weighted by Gasteiger charge is -2.26. The Kier molecular flexibility index (Phi) is 9.80. The third-order valence-electron chi connectivity index (χ3n) is 7.39. The van der Waals surface area contributed by atoms with Crippen LogP contribution in [0.25, 0.3) is 11.8 Å². The van der Waals surface area contributed by atoms with Crippen molar-refractivity contribution in [1.82, 2.24) is 4.57 Å². The predicted octanol–water partition coefficient (Wildman–Crippen LogP) is 7.54. The Balaban J connectivity index is 1.50. The van der Waals surface area contributed by atoms with Crippen molar-refractivity contribution in [1.29, 1.82) is 0 Å². The van der Waals surface area contributed by atoms with Crippen LogP contribution in [0.2, 0.25) is 10.0 Å². The SMILES string of the molecule is CCOC(=O)C1=C(c2ccccc2)N=c2s/c(=C\c3ccccc3OCc3ccc(Cl)c(Cl)c3)c(=O)n2[C@H]1c1ccc(SC)cc1. The summed E-state index contributed by atoms with van der Waals surface area (Å²) >= 11 is 15.2. The monoisotopic (exact) mass is 686 g/mol. The lowest BCUT2D eigenvalue weighted by Crippen LogP contribution is -2.40. The fourth-order valence-corrected chi connectivity index (χ4v) is 6.93. The minimum Gasteiger partial charge on any atom is -0.488 e. The van der Waals surface area contributed by atoms with E-state index in [1.165, 1.54) is 11.3 Å². The molecule has 5 aromatic rings. The molecule has 2 heterocycles. The topological polar surface area (TPSA) is 69.9 Å². The minimum absolute atomic E-state index is 0.186. The van der Waals surface area contributed by atoms with Gasteiger partial charge < -0.3 is 9.47 Å². The molecule has 0 aliphatic carbocycles. The molecule has 6 nitrogen and oxygen atoms in total. The van der Waals surface area contributed by atoms with Gasteiger partial charge in [-0.3, -0.25) is 9.36 Å². The van der Waals surface area contributed by atoms with Gasteiger partial charge in [0.1, 0.15) is 12.4 Å². The van der Waals surface area contributed by atoms with Crippen LogP contribution < -0.4 is 19.6 Å². The van der Waals surface area contributed by atoms with E-state index in [2.05, 4.69) is 0 Å². The highest BCUT2D eigenvalue weighted by Gasteiger charge is 2.35. The summed E-state index contributed by atoms with van der Waals surface area (Å²) in [5, 5.41) is 0.924. The largest absolute Gasteiger partial charge is 0.488 e. The van der Waals surface area contributed by atoms with Gasteiger partial charge in [-0.15, -0.1) is 11.8 Å². The third-order valence-corrected chi connectivity index (χ3v) is 9.85. The van der Waals surface area contributed by atoms with Gasteiger partial charge in [-0.05, 0) is 60.7 Å². The van der Waals surface area contributed by atoms with Gasteiger partial charge in [0, 0.05) is 16.0 Å². The van der Waals surface area contributed by atoms with Gasteiger partial charge in [-0.2, -0.15) is 0 Å². The van der Waals surface area contributed by atoms with Crippen LogP contribution in [0, 0.1) is 0 Å². The number of esters is 1. The van der Waals surface area contributed by atoms with Crippen molar-refractivity contribution in [3.63, 3.8) is 0 Å². The Hall–Kier alpha value is -4.08. The number of hydrogen-bond donors (Lipinski definition) is 0. The Morgan fingerprint density at radius 1 is 0.978 bits per heavy atom. The molecule has 0 fully saturated rings. The van der Waals surface area contributed by atoms with Gasteiger partial charge in [0.05, 0.1) is 38.5 Å². The summed E-state index contributed by atoms with van der Waals surface area (Å²) in [7, 11) is 0. The van der Waals surface area contributed by atoms with Crippen LogP contribution in [0.5, 0.6) is 5.75 Å². The first kappa shape index (κ1) is 31.9. The number of fused-ring (bicyclic) bond motifs is 1. The Labute approximate surface area is 284 Å². The number of ether oxygens (including phenoxy) is 2. The number of hydrogen-bond acceptors (Lipinski definition) is 7. The lowest BCUT2D eigenvalue weighted by atomic mass is 9.93. The second-order valence-electron chi connectivity index (χ2n) is 10.3. The number of para-hydroxylation sites is 1. The predicted molar refractivity (Wildman–Crippen MR) is 187 cm³/mol. The fourth-order valence-electron chi connectivity index (χ4n) is 5.20. The Morgan fingerprint density at radius 3 is 2.43 bits per heavy atom. The summed E-state index contributed by atoms with van der Waals surface area (Å²) in [6.45, 7) is 2.21. The maximum absolute atomic E-state index is 14.3. The standard InChI is InChI=1S/C36H28Cl2N2O4S2/c1-3-43-35(42)31-32(23-9-5-4-6-10-23)39-36-40(33(31)24-14-16-26(45-2)17-15-24)34(41)30(46-36)20-25-11-7-8-12-29(25)44-21-22-13-18-27(37)28(38)19-22/h4-20,33H,3,21H2,1-2H3/b30-20-/t33-/m0/s1. The molecule has 0 N–H and O–H groups in total. The molecular formula is C36H28Cl2N2O4S2. The number of rotatable bonds is 9. The third kappa shape index (κ3) is 6.57. The first-order chi connectivity index (χ1) is 22.4. The van der Waals surface area contributed by atoms with E-state index < -0.39 is 12.0 Å². The van der Waals surface area contributed by atoms with Crippen LogP contribution in [0.3, 0.4) is 0 Å². The smallest absolute Gasteiger partial charge is 0.338 e. The molecule has 1 aromatic heterocycles. The molecule has 1 aliphatic heterocycles. The van der Waals surface area contributed by atoms with Crippen LogP contribution in [0.1, 0.15) is 35.2 Å². The minimum atomic E-state index is -0.746. The molecule has 0 unspecified atom stereocenters. The zero-order valence-corrected chi connectivity index (χ0v) is 28.1. The van der Waals surface area contributed by atoms with Crippen LogP contribution >= 0.6 is 46.3 Å². The highest BCUT2D eigenvalue weighted by atomic mass is 35.5. The van der Waals surface area contributed by atoms with Crippen LogP contribution in [-0.4, -0.2) is 23.4 Å². The summed E-state index contributed by atoms with van der Waals surface area (Å²) in [5.74, 6) is 0.0835. The van der Waals surface area contributed by atoms with Gasteiger partial charge in [0.2, 0.25) is 0 Å². The van der Waals surface area contributed by atoms with E-state index in [4.69, 9.17) is 37.7 Å². The van der Waals surface area contributed by atoms with E-state index in [9.17, 15) is 9.59 Å². The number of aromatic nitrogens is 1. The first-order valence-corrected chi connectivity index (χ1v) is 17.3. The van der Waals surface area contributed by atoms with Gasteiger partial charge in [-0.1, -0.05) is 101 Å². The van der Waals surface area contributed by atoms with Crippen LogP contribution in [0.4, 0.5) is 0 Å². The highest BCUT2D eigenvalue weighted by Crippen LogP contribution is 2.36. The van der Waals surface area contributed by atoms with Crippen LogP contribution in [0.15, 0.2) is 117 Å². The molecule has 232 valence electrons. The molecular weight excluding hydrogens is 659 g/mol. The maximum atomic E-state index is 14.3. The number of carbonyl (C=O) groups excluding carboxylic acids is 1. The fraction of sp³-hybridized carbons (Fsp3) is 0.139. The second-order valence-corrected chi connectivity index (χ2v) is 13.0. The molecule has 6 rings (SSSR count). The van der Waals surface area contributed by atoms with E-state index in [-0.39, 0.29) is 18.8 Å². The molecule has 0 saturated carbocycles. The lowest BCUT2D eigenvalue weighted by molar-refractivity contribution is -0.138. The summed E-state index contributed by atoms with van der Waals surface area (Å²) in [4.78, 5) is 34.5. The number of nitrogens with zero attached hydrogens (tertiary/aromatic N) is 2. The van der Waals surface area contributed by atoms with E-state index in [0.29, 0.717) is 36.4 Å². The molecule has 10 heteroatoms. The van der Waals surface area contributed by atoms with E-state index >= 15 is 0 Å². The van der Waals surface area contributed by atoms with E-state index in [1.54, 1.807) is 41.5 Å². The zero-order chi connectivity index (χ0) is 32.2. The highest BCUT2D eigenvalue weighted by molar-refractivity contribution is 7.98. The molecule has 0 amide bonds. The number of thiazole rings is 1. The number of halogens is 2. The molecule has 0 saturated heterocycles. The van der Waals surface area contributed by atoms with E-state index in [0.717, 1.165) is 27.1 Å². The summed E-state index contributed by atoms with van der Waals surface area (Å²) in [6.07, 6.45) is 3.81. The van der Waals surface area contributed by atoms with Gasteiger partial charge in [-0.25, -0.2) is 9.79 Å². The molecule has 0 bridgehead atoms.